The van der Waals surface area contributed by atoms with Crippen LogP contribution in [0.4, 0.5) is 0 Å². The lowest BCUT2D eigenvalue weighted by molar-refractivity contribution is -0.135. The molecule has 2 rings (SSSR count). The summed E-state index contributed by atoms with van der Waals surface area (Å²) in [5.41, 5.74) is 0. The summed E-state index contributed by atoms with van der Waals surface area (Å²) < 4.78 is 5.54. The van der Waals surface area contributed by atoms with Crippen LogP contribution in [0.3, 0.4) is 0 Å². The van der Waals surface area contributed by atoms with Gasteiger partial charge in [0.15, 0.2) is 6.61 Å². The molecule has 1 amide bonds. The van der Waals surface area contributed by atoms with Crippen LogP contribution in [0.15, 0.2) is 18.2 Å². The molecule has 0 aliphatic carbocycles. The van der Waals surface area contributed by atoms with Crippen molar-refractivity contribution in [3.05, 3.63) is 28.2 Å². The zero-order valence-corrected chi connectivity index (χ0v) is 14.8. The molecule has 0 radical (unpaired) electrons. The molecule has 1 aromatic carbocycles. The van der Waals surface area contributed by atoms with Crippen LogP contribution in [0.5, 0.6) is 5.75 Å². The summed E-state index contributed by atoms with van der Waals surface area (Å²) in [5, 5.41) is 4.18. The number of rotatable bonds is 6. The van der Waals surface area contributed by atoms with Crippen molar-refractivity contribution in [2.75, 3.05) is 26.2 Å². The van der Waals surface area contributed by atoms with E-state index >= 15 is 0 Å². The number of amides is 1. The van der Waals surface area contributed by atoms with Gasteiger partial charge in [0.2, 0.25) is 0 Å². The molecule has 1 heterocycles. The second-order valence-corrected chi connectivity index (χ2v) is 5.91. The monoisotopic (exact) mass is 366 g/mol. The zero-order valence-electron chi connectivity index (χ0n) is 12.5. The van der Waals surface area contributed by atoms with E-state index in [2.05, 4.69) is 12.2 Å². The highest BCUT2D eigenvalue weighted by molar-refractivity contribution is 6.42. The average molecular weight is 368 g/mol. The summed E-state index contributed by atoms with van der Waals surface area (Å²) in [6.07, 6.45) is 1.94. The quantitative estimate of drug-likeness (QED) is 0.838. The van der Waals surface area contributed by atoms with E-state index in [1.165, 1.54) is 0 Å². The number of hydrogen-bond donors (Lipinski definition) is 1. The van der Waals surface area contributed by atoms with Gasteiger partial charge in [-0.2, -0.15) is 0 Å². The van der Waals surface area contributed by atoms with Crippen LogP contribution in [-0.2, 0) is 4.79 Å². The van der Waals surface area contributed by atoms with Crippen molar-refractivity contribution >= 4 is 41.5 Å². The lowest BCUT2D eigenvalue weighted by atomic mass is 10.2. The Morgan fingerprint density at radius 2 is 2.18 bits per heavy atom. The molecule has 124 valence electrons. The van der Waals surface area contributed by atoms with Gasteiger partial charge in [-0.05, 0) is 31.5 Å². The maximum atomic E-state index is 12.4. The fraction of sp³-hybridized carbons (Fsp3) is 0.533. The van der Waals surface area contributed by atoms with Crippen LogP contribution in [0.2, 0.25) is 10.0 Å². The average Bonchev–Trinajstić information content (AvgIpc) is 2.99. The number of hydrogen-bond acceptors (Lipinski definition) is 3. The van der Waals surface area contributed by atoms with Crippen LogP contribution in [-0.4, -0.2) is 43.1 Å². The summed E-state index contributed by atoms with van der Waals surface area (Å²) in [6.45, 7) is 4.68. The first-order chi connectivity index (χ1) is 10.1. The topological polar surface area (TPSA) is 41.6 Å². The van der Waals surface area contributed by atoms with Gasteiger partial charge in [-0.3, -0.25) is 4.79 Å². The second kappa shape index (κ2) is 9.46. The molecule has 22 heavy (non-hydrogen) atoms. The largest absolute Gasteiger partial charge is 0.484 e. The predicted octanol–water partition coefficient (Wildman–Crippen LogP) is 3.39. The minimum absolute atomic E-state index is 0. The van der Waals surface area contributed by atoms with Crippen molar-refractivity contribution in [1.29, 1.82) is 0 Å². The highest BCUT2D eigenvalue weighted by atomic mass is 35.5. The zero-order chi connectivity index (χ0) is 15.2. The molecule has 0 aromatic heterocycles. The molecule has 4 nitrogen and oxygen atoms in total. The first-order valence-electron chi connectivity index (χ1n) is 7.20. The normalized spacial score (nSPS) is 17.0. The number of benzene rings is 1. The van der Waals surface area contributed by atoms with E-state index in [9.17, 15) is 4.79 Å². The Kier molecular flexibility index (Phi) is 8.33. The van der Waals surface area contributed by atoms with Crippen molar-refractivity contribution in [2.24, 2.45) is 0 Å². The lowest BCUT2D eigenvalue weighted by Gasteiger charge is -2.28. The standard InChI is InChI=1S/C15H20Cl2N2O2.ClH/c1-2-7-19(11-5-6-18-9-11)15(20)10-21-12-3-4-13(16)14(17)8-12;/h3-4,8,11,18H,2,5-7,9-10H2,1H3;1H. The van der Waals surface area contributed by atoms with Gasteiger partial charge >= 0.3 is 0 Å². The summed E-state index contributed by atoms with van der Waals surface area (Å²) >= 11 is 11.8. The summed E-state index contributed by atoms with van der Waals surface area (Å²) in [5.74, 6) is 0.565. The predicted molar refractivity (Wildman–Crippen MR) is 92.5 cm³/mol. The lowest BCUT2D eigenvalue weighted by Crippen LogP contribution is -2.44. The third kappa shape index (κ3) is 5.20. The van der Waals surface area contributed by atoms with E-state index in [1.807, 2.05) is 4.90 Å². The van der Waals surface area contributed by atoms with E-state index in [4.69, 9.17) is 27.9 Å². The summed E-state index contributed by atoms with van der Waals surface area (Å²) in [7, 11) is 0. The summed E-state index contributed by atoms with van der Waals surface area (Å²) in [4.78, 5) is 14.3. The number of halogens is 3. The molecule has 1 N–H and O–H groups in total. The van der Waals surface area contributed by atoms with E-state index < -0.39 is 0 Å². The number of carbonyl (C=O) groups is 1. The van der Waals surface area contributed by atoms with E-state index in [0.29, 0.717) is 15.8 Å². The first kappa shape index (κ1) is 19.4. The van der Waals surface area contributed by atoms with Gasteiger partial charge in [-0.1, -0.05) is 30.1 Å². The molecule has 1 aliphatic rings. The Labute approximate surface area is 147 Å². The first-order valence-corrected chi connectivity index (χ1v) is 7.95. The highest BCUT2D eigenvalue weighted by Crippen LogP contribution is 2.26. The number of ether oxygens (including phenoxy) is 1. The van der Waals surface area contributed by atoms with Gasteiger partial charge in [-0.25, -0.2) is 0 Å². The SMILES string of the molecule is CCCN(C(=O)COc1ccc(Cl)c(Cl)c1)C1CCNC1.Cl. The Morgan fingerprint density at radius 1 is 1.41 bits per heavy atom. The van der Waals surface area contributed by atoms with Crippen LogP contribution in [0, 0.1) is 0 Å². The van der Waals surface area contributed by atoms with Gasteiger partial charge < -0.3 is 15.0 Å². The Hall–Kier alpha value is -0.680. The Balaban J connectivity index is 0.00000242. The molecule has 1 aliphatic heterocycles. The van der Waals surface area contributed by atoms with Crippen molar-refractivity contribution in [2.45, 2.75) is 25.8 Å². The molecule has 0 saturated carbocycles. The molecule has 1 fully saturated rings. The molecular formula is C15H21Cl3N2O2. The van der Waals surface area contributed by atoms with Crippen molar-refractivity contribution in [3.63, 3.8) is 0 Å². The van der Waals surface area contributed by atoms with Gasteiger partial charge in [0.25, 0.3) is 5.91 Å². The fourth-order valence-electron chi connectivity index (χ4n) is 2.45. The van der Waals surface area contributed by atoms with Crippen molar-refractivity contribution < 1.29 is 9.53 Å². The molecule has 1 atom stereocenters. The minimum Gasteiger partial charge on any atom is -0.484 e. The van der Waals surface area contributed by atoms with E-state index in [1.54, 1.807) is 18.2 Å². The molecule has 1 unspecified atom stereocenters. The molecule has 1 saturated heterocycles. The van der Waals surface area contributed by atoms with Crippen molar-refractivity contribution in [3.8, 4) is 5.75 Å². The Morgan fingerprint density at radius 3 is 2.77 bits per heavy atom. The summed E-state index contributed by atoms with van der Waals surface area (Å²) in [6, 6.07) is 5.27. The van der Waals surface area contributed by atoms with Gasteiger partial charge in [-0.15, -0.1) is 12.4 Å². The molecule has 1 aromatic rings. The molecular weight excluding hydrogens is 347 g/mol. The van der Waals surface area contributed by atoms with Gasteiger partial charge in [0.1, 0.15) is 5.75 Å². The van der Waals surface area contributed by atoms with Gasteiger partial charge in [0, 0.05) is 25.2 Å². The third-order valence-electron chi connectivity index (χ3n) is 3.51. The molecule has 0 spiro atoms. The smallest absolute Gasteiger partial charge is 0.260 e. The fourth-order valence-corrected chi connectivity index (χ4v) is 2.74. The minimum atomic E-state index is 0. The van der Waals surface area contributed by atoms with E-state index in [0.717, 1.165) is 32.5 Å². The highest BCUT2D eigenvalue weighted by Gasteiger charge is 2.25. The van der Waals surface area contributed by atoms with Crippen LogP contribution < -0.4 is 10.1 Å². The second-order valence-electron chi connectivity index (χ2n) is 5.10. The van der Waals surface area contributed by atoms with Crippen molar-refractivity contribution in [1.82, 2.24) is 10.2 Å². The van der Waals surface area contributed by atoms with Crippen LogP contribution in [0.1, 0.15) is 19.8 Å². The third-order valence-corrected chi connectivity index (χ3v) is 4.25. The maximum absolute atomic E-state index is 12.4. The Bertz CT molecular complexity index is 494. The number of carbonyl (C=O) groups excluding carboxylic acids is 1. The van der Waals surface area contributed by atoms with Crippen LogP contribution in [0.25, 0.3) is 0 Å². The van der Waals surface area contributed by atoms with Gasteiger partial charge in [0.05, 0.1) is 10.0 Å². The maximum Gasteiger partial charge on any atom is 0.260 e. The molecule has 0 bridgehead atoms. The number of nitrogens with zero attached hydrogens (tertiary/aromatic N) is 1. The van der Waals surface area contributed by atoms with E-state index in [-0.39, 0.29) is 31.0 Å². The number of nitrogens with one attached hydrogen (secondary N) is 1. The molecule has 7 heteroatoms. The van der Waals surface area contributed by atoms with Crippen LogP contribution >= 0.6 is 35.6 Å².